The first kappa shape index (κ1) is 12.0. The van der Waals surface area contributed by atoms with Crippen LogP contribution in [0, 0.1) is 11.3 Å². The second-order valence-corrected chi connectivity index (χ2v) is 4.91. The van der Waals surface area contributed by atoms with Crippen molar-refractivity contribution in [2.24, 2.45) is 17.1 Å². The van der Waals surface area contributed by atoms with Crippen LogP contribution in [0.2, 0.25) is 0 Å². The normalized spacial score (nSPS) is 32.4. The molecule has 1 saturated carbocycles. The predicted molar refractivity (Wildman–Crippen MR) is 60.2 cm³/mol. The zero-order chi connectivity index (χ0) is 10.4. The number of rotatable bonds is 6. The molecule has 0 aliphatic heterocycles. The lowest BCUT2D eigenvalue weighted by atomic mass is 9.82. The van der Waals surface area contributed by atoms with Crippen LogP contribution in [-0.4, -0.2) is 19.8 Å². The fourth-order valence-corrected chi connectivity index (χ4v) is 2.55. The largest absolute Gasteiger partial charge is 0.381 e. The predicted octanol–water partition coefficient (Wildman–Crippen LogP) is 2.57. The second-order valence-electron chi connectivity index (χ2n) is 4.91. The molecule has 1 fully saturated rings. The van der Waals surface area contributed by atoms with Crippen molar-refractivity contribution in [3.8, 4) is 0 Å². The van der Waals surface area contributed by atoms with E-state index < -0.39 is 0 Å². The molecule has 14 heavy (non-hydrogen) atoms. The van der Waals surface area contributed by atoms with Crippen molar-refractivity contribution in [2.75, 3.05) is 19.8 Å². The van der Waals surface area contributed by atoms with Gasteiger partial charge in [-0.3, -0.25) is 0 Å². The number of ether oxygens (including phenoxy) is 1. The molecule has 0 radical (unpaired) electrons. The first-order valence-corrected chi connectivity index (χ1v) is 6.00. The van der Waals surface area contributed by atoms with E-state index in [4.69, 9.17) is 10.5 Å². The van der Waals surface area contributed by atoms with Gasteiger partial charge in [0.2, 0.25) is 0 Å². The molecule has 84 valence electrons. The summed E-state index contributed by atoms with van der Waals surface area (Å²) in [6.45, 7) is 7.13. The standard InChI is InChI=1S/C12H25NO/c1-3-7-14-8-6-12(10-13)5-4-11(2)9-12/h11H,3-10,13H2,1-2H3. The molecule has 2 heteroatoms. The molecule has 2 atom stereocenters. The number of hydrogen-bond donors (Lipinski definition) is 1. The Labute approximate surface area is 88.2 Å². The van der Waals surface area contributed by atoms with Gasteiger partial charge in [0.15, 0.2) is 0 Å². The van der Waals surface area contributed by atoms with Gasteiger partial charge in [-0.15, -0.1) is 0 Å². The van der Waals surface area contributed by atoms with Crippen molar-refractivity contribution < 1.29 is 4.74 Å². The van der Waals surface area contributed by atoms with Crippen LogP contribution in [0.25, 0.3) is 0 Å². The summed E-state index contributed by atoms with van der Waals surface area (Å²) in [7, 11) is 0. The topological polar surface area (TPSA) is 35.2 Å². The van der Waals surface area contributed by atoms with Gasteiger partial charge in [0.1, 0.15) is 0 Å². The highest BCUT2D eigenvalue weighted by Gasteiger charge is 2.35. The summed E-state index contributed by atoms with van der Waals surface area (Å²) >= 11 is 0. The molecule has 0 bridgehead atoms. The van der Waals surface area contributed by atoms with Gasteiger partial charge in [0, 0.05) is 13.2 Å². The third kappa shape index (κ3) is 3.25. The highest BCUT2D eigenvalue weighted by molar-refractivity contribution is 4.88. The summed E-state index contributed by atoms with van der Waals surface area (Å²) < 4.78 is 5.55. The summed E-state index contributed by atoms with van der Waals surface area (Å²) in [4.78, 5) is 0. The van der Waals surface area contributed by atoms with E-state index in [2.05, 4.69) is 13.8 Å². The maximum atomic E-state index is 5.89. The summed E-state index contributed by atoms with van der Waals surface area (Å²) in [6, 6.07) is 0. The SMILES string of the molecule is CCCOCCC1(CN)CCC(C)C1. The Kier molecular flexibility index (Phi) is 4.90. The lowest BCUT2D eigenvalue weighted by Crippen LogP contribution is -2.29. The zero-order valence-electron chi connectivity index (χ0n) is 9.72. The van der Waals surface area contributed by atoms with E-state index >= 15 is 0 Å². The van der Waals surface area contributed by atoms with Crippen LogP contribution in [-0.2, 0) is 4.74 Å². The minimum Gasteiger partial charge on any atom is -0.381 e. The van der Waals surface area contributed by atoms with Gasteiger partial charge in [-0.05, 0) is 43.6 Å². The molecule has 1 aliphatic carbocycles. The van der Waals surface area contributed by atoms with Gasteiger partial charge < -0.3 is 10.5 Å². The van der Waals surface area contributed by atoms with Crippen molar-refractivity contribution in [3.63, 3.8) is 0 Å². The molecular formula is C12H25NO. The fraction of sp³-hybridized carbons (Fsp3) is 1.00. The first-order chi connectivity index (χ1) is 6.72. The van der Waals surface area contributed by atoms with Gasteiger partial charge in [0.25, 0.3) is 0 Å². The Morgan fingerprint density at radius 3 is 2.71 bits per heavy atom. The molecule has 0 aromatic heterocycles. The summed E-state index contributed by atoms with van der Waals surface area (Å²) in [6.07, 6.45) is 6.24. The maximum Gasteiger partial charge on any atom is 0.0471 e. The lowest BCUT2D eigenvalue weighted by molar-refractivity contribution is 0.0963. The van der Waals surface area contributed by atoms with E-state index in [-0.39, 0.29) is 0 Å². The van der Waals surface area contributed by atoms with E-state index in [0.717, 1.165) is 38.5 Å². The van der Waals surface area contributed by atoms with Gasteiger partial charge >= 0.3 is 0 Å². The van der Waals surface area contributed by atoms with Gasteiger partial charge in [-0.1, -0.05) is 20.3 Å². The van der Waals surface area contributed by atoms with Crippen LogP contribution >= 0.6 is 0 Å². The van der Waals surface area contributed by atoms with E-state index in [1.807, 2.05) is 0 Å². The number of nitrogens with two attached hydrogens (primary N) is 1. The van der Waals surface area contributed by atoms with Crippen molar-refractivity contribution in [1.29, 1.82) is 0 Å². The third-order valence-corrected chi connectivity index (χ3v) is 3.51. The van der Waals surface area contributed by atoms with Crippen LogP contribution in [0.4, 0.5) is 0 Å². The molecule has 2 N–H and O–H groups in total. The Hall–Kier alpha value is -0.0800. The minimum absolute atomic E-state index is 0.410. The van der Waals surface area contributed by atoms with Crippen molar-refractivity contribution in [3.05, 3.63) is 0 Å². The molecule has 0 heterocycles. The molecule has 2 nitrogen and oxygen atoms in total. The second kappa shape index (κ2) is 5.72. The molecule has 0 saturated heterocycles. The lowest BCUT2D eigenvalue weighted by Gasteiger charge is -2.27. The summed E-state index contributed by atoms with van der Waals surface area (Å²) in [5.74, 6) is 0.865. The van der Waals surface area contributed by atoms with Crippen molar-refractivity contribution in [1.82, 2.24) is 0 Å². The maximum absolute atomic E-state index is 5.89. The highest BCUT2D eigenvalue weighted by atomic mass is 16.5. The van der Waals surface area contributed by atoms with Crippen molar-refractivity contribution in [2.45, 2.75) is 46.0 Å². The monoisotopic (exact) mass is 199 g/mol. The third-order valence-electron chi connectivity index (χ3n) is 3.51. The Morgan fingerprint density at radius 2 is 2.21 bits per heavy atom. The number of hydrogen-bond acceptors (Lipinski definition) is 2. The zero-order valence-corrected chi connectivity index (χ0v) is 9.72. The fourth-order valence-electron chi connectivity index (χ4n) is 2.55. The molecule has 0 aromatic carbocycles. The van der Waals surface area contributed by atoms with Crippen LogP contribution < -0.4 is 5.73 Å². The average molecular weight is 199 g/mol. The average Bonchev–Trinajstić information content (AvgIpc) is 2.56. The molecule has 1 aliphatic rings. The smallest absolute Gasteiger partial charge is 0.0471 e. The molecule has 1 rings (SSSR count). The Morgan fingerprint density at radius 1 is 1.43 bits per heavy atom. The Bertz CT molecular complexity index is 160. The Balaban J connectivity index is 2.24. The first-order valence-electron chi connectivity index (χ1n) is 6.00. The van der Waals surface area contributed by atoms with E-state index in [1.165, 1.54) is 19.3 Å². The van der Waals surface area contributed by atoms with Crippen LogP contribution in [0.1, 0.15) is 46.0 Å². The molecule has 2 unspecified atom stereocenters. The van der Waals surface area contributed by atoms with Crippen molar-refractivity contribution >= 4 is 0 Å². The highest BCUT2D eigenvalue weighted by Crippen LogP contribution is 2.43. The van der Waals surface area contributed by atoms with Gasteiger partial charge in [-0.2, -0.15) is 0 Å². The summed E-state index contributed by atoms with van der Waals surface area (Å²) in [5, 5.41) is 0. The summed E-state index contributed by atoms with van der Waals surface area (Å²) in [5.41, 5.74) is 6.30. The molecule has 0 amide bonds. The minimum atomic E-state index is 0.410. The van der Waals surface area contributed by atoms with Crippen LogP contribution in [0.3, 0.4) is 0 Å². The van der Waals surface area contributed by atoms with Crippen LogP contribution in [0.5, 0.6) is 0 Å². The van der Waals surface area contributed by atoms with E-state index in [9.17, 15) is 0 Å². The molecule has 0 aromatic rings. The van der Waals surface area contributed by atoms with E-state index in [0.29, 0.717) is 5.41 Å². The quantitative estimate of drug-likeness (QED) is 0.667. The van der Waals surface area contributed by atoms with Gasteiger partial charge in [0.05, 0.1) is 0 Å². The molecule has 0 spiro atoms. The van der Waals surface area contributed by atoms with Crippen LogP contribution in [0.15, 0.2) is 0 Å². The van der Waals surface area contributed by atoms with Gasteiger partial charge in [-0.25, -0.2) is 0 Å². The van der Waals surface area contributed by atoms with E-state index in [1.54, 1.807) is 0 Å². The molecular weight excluding hydrogens is 174 g/mol.